The second-order valence-corrected chi connectivity index (χ2v) is 11.8. The minimum atomic E-state index is 0.164. The van der Waals surface area contributed by atoms with Crippen LogP contribution < -0.4 is 4.90 Å². The van der Waals surface area contributed by atoms with Gasteiger partial charge in [0, 0.05) is 40.3 Å². The van der Waals surface area contributed by atoms with Gasteiger partial charge in [-0.25, -0.2) is 0 Å². The van der Waals surface area contributed by atoms with E-state index in [2.05, 4.69) is 72.1 Å². The Morgan fingerprint density at radius 3 is 2.69 bits per heavy atom. The SMILES string of the molecule is CCC1(C)CCc2c(-c3cc4ccc(N(CCCN(C)C)C(=O)C5CCCCC5)cc4[nH]3)n[nH]c2C1. The van der Waals surface area contributed by atoms with E-state index in [4.69, 9.17) is 5.10 Å². The van der Waals surface area contributed by atoms with Crippen molar-refractivity contribution in [1.82, 2.24) is 20.1 Å². The molecular formula is C30H43N5O. The average Bonchev–Trinajstić information content (AvgIpc) is 3.49. The summed E-state index contributed by atoms with van der Waals surface area (Å²) < 4.78 is 0. The molecule has 2 aliphatic carbocycles. The van der Waals surface area contributed by atoms with Gasteiger partial charge < -0.3 is 14.8 Å². The standard InChI is InChI=1S/C30H43N5O/c1-5-30(2)15-14-24-27(20-30)32-33-28(24)26-18-22-12-13-23(19-25(22)31-26)35(17-9-16-34(3)4)29(36)21-10-7-6-8-11-21/h12-13,18-19,21,31H,5-11,14-17,20H2,1-4H3,(H,32,33). The molecule has 1 saturated carbocycles. The maximum Gasteiger partial charge on any atom is 0.230 e. The van der Waals surface area contributed by atoms with E-state index in [1.165, 1.54) is 43.4 Å². The highest BCUT2D eigenvalue weighted by molar-refractivity contribution is 5.98. The van der Waals surface area contributed by atoms with Gasteiger partial charge in [-0.15, -0.1) is 0 Å². The third-order valence-corrected chi connectivity index (χ3v) is 8.77. The molecule has 1 aromatic carbocycles. The first kappa shape index (κ1) is 25.1. The summed E-state index contributed by atoms with van der Waals surface area (Å²) in [4.78, 5) is 21.5. The van der Waals surface area contributed by atoms with Gasteiger partial charge in [-0.1, -0.05) is 45.6 Å². The maximum atomic E-state index is 13.6. The fraction of sp³-hybridized carbons (Fsp3) is 0.600. The molecule has 2 heterocycles. The Morgan fingerprint density at radius 1 is 1.14 bits per heavy atom. The summed E-state index contributed by atoms with van der Waals surface area (Å²) in [5.74, 6) is 0.470. The zero-order valence-electron chi connectivity index (χ0n) is 22.6. The number of carbonyl (C=O) groups excluding carboxylic acids is 1. The van der Waals surface area contributed by atoms with Gasteiger partial charge in [0.05, 0.1) is 5.69 Å². The molecule has 1 amide bonds. The highest BCUT2D eigenvalue weighted by atomic mass is 16.2. The lowest BCUT2D eigenvalue weighted by Gasteiger charge is -2.32. The van der Waals surface area contributed by atoms with Gasteiger partial charge in [-0.2, -0.15) is 5.10 Å². The third-order valence-electron chi connectivity index (χ3n) is 8.77. The minimum absolute atomic E-state index is 0.164. The van der Waals surface area contributed by atoms with E-state index in [-0.39, 0.29) is 5.92 Å². The van der Waals surface area contributed by atoms with Crippen molar-refractivity contribution in [2.45, 2.75) is 78.1 Å². The van der Waals surface area contributed by atoms with Crippen LogP contribution in [0.25, 0.3) is 22.3 Å². The van der Waals surface area contributed by atoms with E-state index in [0.717, 1.165) is 73.2 Å². The van der Waals surface area contributed by atoms with Crippen molar-refractivity contribution in [1.29, 1.82) is 0 Å². The quantitative estimate of drug-likeness (QED) is 0.389. The van der Waals surface area contributed by atoms with Crippen molar-refractivity contribution < 1.29 is 4.79 Å². The van der Waals surface area contributed by atoms with Gasteiger partial charge in [-0.3, -0.25) is 9.89 Å². The highest BCUT2D eigenvalue weighted by Crippen LogP contribution is 2.40. The molecule has 0 aliphatic heterocycles. The van der Waals surface area contributed by atoms with Gasteiger partial charge in [0.15, 0.2) is 0 Å². The van der Waals surface area contributed by atoms with Crippen LogP contribution in [0.4, 0.5) is 5.69 Å². The summed E-state index contributed by atoms with van der Waals surface area (Å²) in [6, 6.07) is 8.67. The molecule has 0 saturated heterocycles. The average molecular weight is 490 g/mol. The topological polar surface area (TPSA) is 68.0 Å². The Hall–Kier alpha value is -2.60. The molecule has 1 fully saturated rings. The summed E-state index contributed by atoms with van der Waals surface area (Å²) >= 11 is 0. The first-order chi connectivity index (χ1) is 17.4. The molecule has 6 heteroatoms. The summed E-state index contributed by atoms with van der Waals surface area (Å²) in [6.07, 6.45) is 11.2. The number of H-pyrrole nitrogens is 2. The van der Waals surface area contributed by atoms with Crippen molar-refractivity contribution >= 4 is 22.5 Å². The van der Waals surface area contributed by atoms with Crippen molar-refractivity contribution in [3.8, 4) is 11.4 Å². The van der Waals surface area contributed by atoms with Crippen LogP contribution in [0.5, 0.6) is 0 Å². The second-order valence-electron chi connectivity index (χ2n) is 11.8. The lowest BCUT2D eigenvalue weighted by molar-refractivity contribution is -0.123. The number of rotatable bonds is 8. The van der Waals surface area contributed by atoms with Crippen molar-refractivity contribution in [3.63, 3.8) is 0 Å². The molecule has 1 unspecified atom stereocenters. The number of carbonyl (C=O) groups is 1. The van der Waals surface area contributed by atoms with Gasteiger partial charge in [0.2, 0.25) is 5.91 Å². The molecule has 2 aromatic heterocycles. The zero-order valence-corrected chi connectivity index (χ0v) is 22.6. The van der Waals surface area contributed by atoms with Crippen LogP contribution in [0.2, 0.25) is 0 Å². The fourth-order valence-electron chi connectivity index (χ4n) is 6.18. The van der Waals surface area contributed by atoms with E-state index in [1.54, 1.807) is 0 Å². The molecule has 3 aromatic rings. The Balaban J connectivity index is 1.42. The van der Waals surface area contributed by atoms with Gasteiger partial charge in [0.25, 0.3) is 0 Å². The van der Waals surface area contributed by atoms with Crippen molar-refractivity contribution in [2.75, 3.05) is 32.1 Å². The number of hydrogen-bond donors (Lipinski definition) is 2. The van der Waals surface area contributed by atoms with Crippen LogP contribution >= 0.6 is 0 Å². The lowest BCUT2D eigenvalue weighted by atomic mass is 9.73. The summed E-state index contributed by atoms with van der Waals surface area (Å²) in [7, 11) is 4.19. The second kappa shape index (κ2) is 10.4. The van der Waals surface area contributed by atoms with E-state index in [1.807, 2.05) is 0 Å². The first-order valence-electron chi connectivity index (χ1n) is 14.0. The number of nitrogens with zero attached hydrogens (tertiary/aromatic N) is 3. The number of nitrogens with one attached hydrogen (secondary N) is 2. The lowest BCUT2D eigenvalue weighted by Crippen LogP contribution is -2.38. The van der Waals surface area contributed by atoms with Gasteiger partial charge in [-0.05, 0) is 82.8 Å². The monoisotopic (exact) mass is 489 g/mol. The number of aromatic amines is 2. The van der Waals surface area contributed by atoms with E-state index in [0.29, 0.717) is 11.3 Å². The number of hydrogen-bond acceptors (Lipinski definition) is 3. The summed E-state index contributed by atoms with van der Waals surface area (Å²) in [6.45, 7) is 6.42. The number of benzene rings is 1. The molecule has 2 N–H and O–H groups in total. The third kappa shape index (κ3) is 5.10. The van der Waals surface area contributed by atoms with Crippen LogP contribution in [-0.2, 0) is 17.6 Å². The predicted octanol–water partition coefficient (Wildman–Crippen LogP) is 6.33. The molecular weight excluding hydrogens is 446 g/mol. The van der Waals surface area contributed by atoms with E-state index < -0.39 is 0 Å². The number of anilines is 1. The van der Waals surface area contributed by atoms with Crippen LogP contribution in [0.3, 0.4) is 0 Å². The van der Waals surface area contributed by atoms with Crippen LogP contribution in [-0.4, -0.2) is 53.2 Å². The number of amides is 1. The Bertz CT molecular complexity index is 1200. The smallest absolute Gasteiger partial charge is 0.230 e. The molecule has 0 spiro atoms. The van der Waals surface area contributed by atoms with Crippen LogP contribution in [0.1, 0.15) is 76.5 Å². The minimum Gasteiger partial charge on any atom is -0.353 e. The Kier molecular flexibility index (Phi) is 7.25. The molecule has 0 bridgehead atoms. The summed E-state index contributed by atoms with van der Waals surface area (Å²) in [5.41, 5.74) is 7.23. The normalized spacial score (nSPS) is 20.7. The molecule has 2 aliphatic rings. The Labute approximate surface area is 215 Å². The van der Waals surface area contributed by atoms with Crippen LogP contribution in [0, 0.1) is 11.3 Å². The molecule has 6 nitrogen and oxygen atoms in total. The Morgan fingerprint density at radius 2 is 1.94 bits per heavy atom. The first-order valence-corrected chi connectivity index (χ1v) is 14.0. The predicted molar refractivity (Wildman–Crippen MR) is 148 cm³/mol. The van der Waals surface area contributed by atoms with E-state index in [9.17, 15) is 4.79 Å². The number of aromatic nitrogens is 3. The van der Waals surface area contributed by atoms with Crippen LogP contribution in [0.15, 0.2) is 24.3 Å². The summed E-state index contributed by atoms with van der Waals surface area (Å²) in [5, 5.41) is 9.25. The largest absolute Gasteiger partial charge is 0.353 e. The molecule has 1 atom stereocenters. The molecule has 36 heavy (non-hydrogen) atoms. The molecule has 5 rings (SSSR count). The van der Waals surface area contributed by atoms with Gasteiger partial charge in [0.1, 0.15) is 5.69 Å². The fourth-order valence-corrected chi connectivity index (χ4v) is 6.18. The van der Waals surface area contributed by atoms with Crippen molar-refractivity contribution in [3.05, 3.63) is 35.5 Å². The maximum absolute atomic E-state index is 13.6. The van der Waals surface area contributed by atoms with Gasteiger partial charge >= 0.3 is 0 Å². The highest BCUT2D eigenvalue weighted by Gasteiger charge is 2.32. The molecule has 0 radical (unpaired) electrons. The van der Waals surface area contributed by atoms with Crippen molar-refractivity contribution in [2.24, 2.45) is 11.3 Å². The number of fused-ring (bicyclic) bond motifs is 2. The zero-order chi connectivity index (χ0) is 25.3. The molecule has 194 valence electrons. The van der Waals surface area contributed by atoms with E-state index >= 15 is 0 Å².